The molecule has 1 heterocycles. The van der Waals surface area contributed by atoms with Crippen molar-refractivity contribution in [2.45, 2.75) is 0 Å². The van der Waals surface area contributed by atoms with E-state index in [2.05, 4.69) is 16.8 Å². The molecule has 0 amide bonds. The lowest BCUT2D eigenvalue weighted by atomic mass is 10.3. The molecule has 12 heavy (non-hydrogen) atoms. The van der Waals surface area contributed by atoms with E-state index in [0.717, 1.165) is 5.56 Å². The van der Waals surface area contributed by atoms with Crippen LogP contribution in [0.4, 0.5) is 0 Å². The first-order chi connectivity index (χ1) is 5.72. The molecular weight excluding hydrogens is 195 g/mol. The monoisotopic (exact) mass is 200 g/mol. The van der Waals surface area contributed by atoms with Gasteiger partial charge in [-0.1, -0.05) is 35.0 Å². The zero-order valence-corrected chi connectivity index (χ0v) is 7.65. The molecule has 0 atom stereocenters. The first kappa shape index (κ1) is 9.34. The van der Waals surface area contributed by atoms with Crippen LogP contribution in [0.3, 0.4) is 0 Å². The summed E-state index contributed by atoms with van der Waals surface area (Å²) in [5.74, 6) is 5.49. The number of nitrogens with zero attached hydrogens (tertiary/aromatic N) is 1. The van der Waals surface area contributed by atoms with Crippen molar-refractivity contribution in [1.82, 2.24) is 4.98 Å². The number of nitrogens with two attached hydrogens (primary N) is 1. The first-order valence-corrected chi connectivity index (χ1v) is 4.00. The highest BCUT2D eigenvalue weighted by Crippen LogP contribution is 2.13. The van der Waals surface area contributed by atoms with E-state index >= 15 is 0 Å². The Morgan fingerprint density at radius 1 is 1.33 bits per heavy atom. The van der Waals surface area contributed by atoms with E-state index in [0.29, 0.717) is 16.9 Å². The number of hydrogen-bond donors (Lipinski definition) is 1. The van der Waals surface area contributed by atoms with Crippen LogP contribution in [0.5, 0.6) is 0 Å². The van der Waals surface area contributed by atoms with Gasteiger partial charge in [-0.25, -0.2) is 4.98 Å². The van der Waals surface area contributed by atoms with E-state index in [1.165, 1.54) is 0 Å². The number of aromatic nitrogens is 1. The standard InChI is InChI=1S/C8H6Cl2N2/c9-7-4-6(2-1-3-11)5-8(10)12-7/h4-5H,3,11H2. The summed E-state index contributed by atoms with van der Waals surface area (Å²) in [6.45, 7) is 0.317. The molecule has 0 aliphatic heterocycles. The van der Waals surface area contributed by atoms with Crippen LogP contribution >= 0.6 is 23.2 Å². The average Bonchev–Trinajstić information content (AvgIpc) is 1.99. The van der Waals surface area contributed by atoms with Gasteiger partial charge in [0.05, 0.1) is 6.54 Å². The van der Waals surface area contributed by atoms with Gasteiger partial charge in [0, 0.05) is 5.56 Å². The molecule has 0 saturated carbocycles. The van der Waals surface area contributed by atoms with Crippen LogP contribution in [0.15, 0.2) is 12.1 Å². The van der Waals surface area contributed by atoms with Crippen molar-refractivity contribution in [3.63, 3.8) is 0 Å². The van der Waals surface area contributed by atoms with E-state index in [9.17, 15) is 0 Å². The largest absolute Gasteiger partial charge is 0.320 e. The Morgan fingerprint density at radius 3 is 2.42 bits per heavy atom. The fraction of sp³-hybridized carbons (Fsp3) is 0.125. The molecule has 0 unspecified atom stereocenters. The lowest BCUT2D eigenvalue weighted by Crippen LogP contribution is -1.93. The van der Waals surface area contributed by atoms with E-state index < -0.39 is 0 Å². The Kier molecular flexibility index (Phi) is 3.36. The Hall–Kier alpha value is -0.750. The van der Waals surface area contributed by atoms with Gasteiger partial charge in [0.2, 0.25) is 0 Å². The van der Waals surface area contributed by atoms with Crippen molar-refractivity contribution >= 4 is 23.2 Å². The van der Waals surface area contributed by atoms with E-state index in [4.69, 9.17) is 28.9 Å². The highest BCUT2D eigenvalue weighted by molar-refractivity contribution is 6.32. The molecule has 0 aromatic carbocycles. The smallest absolute Gasteiger partial charge is 0.132 e. The van der Waals surface area contributed by atoms with Gasteiger partial charge in [-0.05, 0) is 12.1 Å². The van der Waals surface area contributed by atoms with Gasteiger partial charge in [0.25, 0.3) is 0 Å². The summed E-state index contributed by atoms with van der Waals surface area (Å²) in [4.78, 5) is 3.77. The summed E-state index contributed by atoms with van der Waals surface area (Å²) in [7, 11) is 0. The third-order valence-electron chi connectivity index (χ3n) is 1.10. The molecule has 2 N–H and O–H groups in total. The summed E-state index contributed by atoms with van der Waals surface area (Å²) in [6.07, 6.45) is 0. The number of halogens is 2. The normalized spacial score (nSPS) is 8.92. The molecule has 1 aromatic heterocycles. The molecule has 0 radical (unpaired) electrons. The second-order valence-electron chi connectivity index (χ2n) is 2.01. The molecule has 62 valence electrons. The minimum Gasteiger partial charge on any atom is -0.320 e. The molecule has 1 aromatic rings. The minimum absolute atomic E-state index is 0.317. The van der Waals surface area contributed by atoms with Crippen LogP contribution in [0, 0.1) is 11.8 Å². The van der Waals surface area contributed by atoms with Gasteiger partial charge < -0.3 is 5.73 Å². The fourth-order valence-electron chi connectivity index (χ4n) is 0.690. The predicted octanol–water partition coefficient (Wildman–Crippen LogP) is 1.70. The Balaban J connectivity index is 3.01. The minimum atomic E-state index is 0.317. The third kappa shape index (κ3) is 2.71. The van der Waals surface area contributed by atoms with E-state index in [1.807, 2.05) is 0 Å². The average molecular weight is 201 g/mol. The Bertz CT molecular complexity index is 318. The maximum absolute atomic E-state index is 5.63. The van der Waals surface area contributed by atoms with Crippen molar-refractivity contribution < 1.29 is 0 Å². The topological polar surface area (TPSA) is 38.9 Å². The first-order valence-electron chi connectivity index (χ1n) is 3.24. The van der Waals surface area contributed by atoms with Crippen LogP contribution < -0.4 is 5.73 Å². The molecule has 0 bridgehead atoms. The SMILES string of the molecule is NCC#Cc1cc(Cl)nc(Cl)c1. The van der Waals surface area contributed by atoms with Crippen molar-refractivity contribution in [2.24, 2.45) is 5.73 Å². The maximum Gasteiger partial charge on any atom is 0.132 e. The lowest BCUT2D eigenvalue weighted by Gasteiger charge is -1.92. The highest BCUT2D eigenvalue weighted by Gasteiger charge is 1.95. The quantitative estimate of drug-likeness (QED) is 0.512. The molecule has 0 fully saturated rings. The molecule has 2 nitrogen and oxygen atoms in total. The summed E-state index contributed by atoms with van der Waals surface area (Å²) in [6, 6.07) is 3.27. The molecule has 4 heteroatoms. The highest BCUT2D eigenvalue weighted by atomic mass is 35.5. The Morgan fingerprint density at radius 2 is 1.92 bits per heavy atom. The summed E-state index contributed by atoms with van der Waals surface area (Å²) >= 11 is 11.3. The summed E-state index contributed by atoms with van der Waals surface area (Å²) in [5, 5.41) is 0.674. The lowest BCUT2D eigenvalue weighted by molar-refractivity contribution is 1.29. The van der Waals surface area contributed by atoms with Crippen molar-refractivity contribution in [1.29, 1.82) is 0 Å². The molecule has 0 aliphatic rings. The maximum atomic E-state index is 5.63. The van der Waals surface area contributed by atoms with Crippen LogP contribution in [-0.4, -0.2) is 11.5 Å². The van der Waals surface area contributed by atoms with Gasteiger partial charge in [-0.3, -0.25) is 0 Å². The van der Waals surface area contributed by atoms with Crippen molar-refractivity contribution in [3.8, 4) is 11.8 Å². The zero-order chi connectivity index (χ0) is 8.97. The van der Waals surface area contributed by atoms with Crippen LogP contribution in [0.1, 0.15) is 5.56 Å². The van der Waals surface area contributed by atoms with Gasteiger partial charge in [0.15, 0.2) is 0 Å². The van der Waals surface area contributed by atoms with E-state index in [-0.39, 0.29) is 0 Å². The second-order valence-corrected chi connectivity index (χ2v) is 2.78. The second kappa shape index (κ2) is 4.32. The summed E-state index contributed by atoms with van der Waals surface area (Å²) < 4.78 is 0. The molecule has 0 aliphatic carbocycles. The Labute approximate surface area is 80.7 Å². The number of hydrogen-bond acceptors (Lipinski definition) is 2. The third-order valence-corrected chi connectivity index (χ3v) is 1.48. The van der Waals surface area contributed by atoms with Gasteiger partial charge >= 0.3 is 0 Å². The molecule has 1 rings (SSSR count). The van der Waals surface area contributed by atoms with Gasteiger partial charge in [-0.2, -0.15) is 0 Å². The molecule has 0 spiro atoms. The predicted molar refractivity (Wildman–Crippen MR) is 50.2 cm³/mol. The van der Waals surface area contributed by atoms with Crippen molar-refractivity contribution in [2.75, 3.05) is 6.54 Å². The van der Waals surface area contributed by atoms with Crippen LogP contribution in [0.25, 0.3) is 0 Å². The number of rotatable bonds is 0. The van der Waals surface area contributed by atoms with Crippen molar-refractivity contribution in [3.05, 3.63) is 28.0 Å². The molecule has 0 saturated heterocycles. The zero-order valence-electron chi connectivity index (χ0n) is 6.14. The molecular formula is C8H6Cl2N2. The van der Waals surface area contributed by atoms with Crippen LogP contribution in [0.2, 0.25) is 10.3 Å². The number of pyridine rings is 1. The van der Waals surface area contributed by atoms with E-state index in [1.54, 1.807) is 12.1 Å². The fourth-order valence-corrected chi connectivity index (χ4v) is 1.15. The summed E-state index contributed by atoms with van der Waals surface area (Å²) in [5.41, 5.74) is 5.92. The van der Waals surface area contributed by atoms with Crippen LogP contribution in [-0.2, 0) is 0 Å². The van der Waals surface area contributed by atoms with Gasteiger partial charge in [0.1, 0.15) is 10.3 Å². The van der Waals surface area contributed by atoms with Gasteiger partial charge in [-0.15, -0.1) is 0 Å².